The van der Waals surface area contributed by atoms with Crippen molar-refractivity contribution >= 4 is 29.1 Å². The van der Waals surface area contributed by atoms with Crippen LogP contribution in [0, 0.1) is 0 Å². The van der Waals surface area contributed by atoms with Gasteiger partial charge in [0.05, 0.1) is 12.2 Å². The molecule has 0 spiro atoms. The van der Waals surface area contributed by atoms with Crippen molar-refractivity contribution in [3.8, 4) is 5.75 Å². The number of hydrazine groups is 1. The third-order valence-corrected chi connectivity index (χ3v) is 3.19. The van der Waals surface area contributed by atoms with Crippen LogP contribution in [0.4, 0.5) is 0 Å². The summed E-state index contributed by atoms with van der Waals surface area (Å²) in [5, 5.41) is 2.47. The molecule has 0 aliphatic rings. The molecule has 0 heterocycles. The lowest BCUT2D eigenvalue weighted by Gasteiger charge is -2.12. The monoisotopic (exact) mass is 343 g/mol. The van der Waals surface area contributed by atoms with Crippen LogP contribution in [0.25, 0.3) is 0 Å². The van der Waals surface area contributed by atoms with Crippen LogP contribution in [-0.4, -0.2) is 23.5 Å². The van der Waals surface area contributed by atoms with Gasteiger partial charge in [0.1, 0.15) is 5.75 Å². The number of hydrogen-bond acceptors (Lipinski definition) is 4. The summed E-state index contributed by atoms with van der Waals surface area (Å²) >= 11 is 5.01. The van der Waals surface area contributed by atoms with E-state index in [1.807, 2.05) is 13.0 Å². The van der Waals surface area contributed by atoms with Gasteiger partial charge >= 0.3 is 0 Å². The first-order valence-electron chi connectivity index (χ1n) is 7.30. The molecule has 3 N–H and O–H groups in total. The van der Waals surface area contributed by atoms with E-state index in [0.29, 0.717) is 23.5 Å². The maximum absolute atomic E-state index is 12.2. The van der Waals surface area contributed by atoms with Crippen LogP contribution >= 0.6 is 12.2 Å². The molecule has 0 unspecified atom stereocenters. The Kier molecular flexibility index (Phi) is 6.27. The molecule has 24 heavy (non-hydrogen) atoms. The van der Waals surface area contributed by atoms with Gasteiger partial charge in [-0.05, 0) is 43.4 Å². The maximum atomic E-state index is 12.2. The molecule has 0 radical (unpaired) electrons. The average molecular weight is 343 g/mol. The van der Waals surface area contributed by atoms with E-state index in [9.17, 15) is 9.59 Å². The van der Waals surface area contributed by atoms with Crippen molar-refractivity contribution in [3.05, 3.63) is 65.7 Å². The van der Waals surface area contributed by atoms with Crippen LogP contribution in [0.15, 0.2) is 54.6 Å². The van der Waals surface area contributed by atoms with E-state index in [1.54, 1.807) is 48.5 Å². The van der Waals surface area contributed by atoms with Crippen molar-refractivity contribution in [3.63, 3.8) is 0 Å². The Bertz CT molecular complexity index is 735. The second-order valence-corrected chi connectivity index (χ2v) is 5.07. The highest BCUT2D eigenvalue weighted by atomic mass is 32.1. The third kappa shape index (κ3) is 4.79. The summed E-state index contributed by atoms with van der Waals surface area (Å²) in [6.45, 7) is 2.28. The van der Waals surface area contributed by atoms with E-state index in [1.165, 1.54) is 0 Å². The van der Waals surface area contributed by atoms with Crippen LogP contribution in [0.2, 0.25) is 0 Å². The molecule has 2 rings (SSSR count). The molecule has 0 aliphatic carbocycles. The number of thiocarbonyl (C=S) groups is 1. The average Bonchev–Trinajstić information content (AvgIpc) is 2.61. The van der Waals surface area contributed by atoms with E-state index < -0.39 is 5.91 Å². The smallest absolute Gasteiger partial charge is 0.269 e. The summed E-state index contributed by atoms with van der Waals surface area (Å²) in [6.07, 6.45) is 0. The van der Waals surface area contributed by atoms with Crippen LogP contribution in [-0.2, 0) is 0 Å². The SMILES string of the molecule is CCOc1ccccc1C(=O)NC(=S)NNC(=O)c1ccccc1. The number of ether oxygens (including phenoxy) is 1. The lowest BCUT2D eigenvalue weighted by Crippen LogP contribution is -2.48. The molecule has 0 saturated heterocycles. The summed E-state index contributed by atoms with van der Waals surface area (Å²) in [6, 6.07) is 15.5. The molecule has 2 aromatic carbocycles. The van der Waals surface area contributed by atoms with Gasteiger partial charge in [-0.25, -0.2) is 0 Å². The predicted octanol–water partition coefficient (Wildman–Crippen LogP) is 2.03. The first-order chi connectivity index (χ1) is 11.6. The van der Waals surface area contributed by atoms with Crippen molar-refractivity contribution in [1.82, 2.24) is 16.2 Å². The second-order valence-electron chi connectivity index (χ2n) is 4.66. The first kappa shape index (κ1) is 17.4. The van der Waals surface area contributed by atoms with Gasteiger partial charge in [0.25, 0.3) is 11.8 Å². The molecule has 0 aromatic heterocycles. The van der Waals surface area contributed by atoms with Crippen LogP contribution in [0.1, 0.15) is 27.6 Å². The first-order valence-corrected chi connectivity index (χ1v) is 7.71. The number of benzene rings is 2. The van der Waals surface area contributed by atoms with E-state index in [0.717, 1.165) is 0 Å². The zero-order chi connectivity index (χ0) is 17.4. The normalized spacial score (nSPS) is 9.71. The Morgan fingerprint density at radius 3 is 2.33 bits per heavy atom. The number of amides is 2. The van der Waals surface area contributed by atoms with Crippen molar-refractivity contribution in [2.75, 3.05) is 6.61 Å². The molecule has 0 saturated carbocycles. The lowest BCUT2D eigenvalue weighted by atomic mass is 10.2. The van der Waals surface area contributed by atoms with Gasteiger partial charge in [0.2, 0.25) is 0 Å². The third-order valence-electron chi connectivity index (χ3n) is 2.98. The van der Waals surface area contributed by atoms with Gasteiger partial charge in [-0.15, -0.1) is 0 Å². The van der Waals surface area contributed by atoms with Crippen LogP contribution < -0.4 is 20.9 Å². The number of carbonyl (C=O) groups is 2. The van der Waals surface area contributed by atoms with Gasteiger partial charge in [-0.2, -0.15) is 0 Å². The Morgan fingerprint density at radius 2 is 1.62 bits per heavy atom. The molecule has 7 heteroatoms. The highest BCUT2D eigenvalue weighted by Crippen LogP contribution is 2.17. The quantitative estimate of drug-likeness (QED) is 0.585. The highest BCUT2D eigenvalue weighted by molar-refractivity contribution is 7.80. The Hall–Kier alpha value is -2.93. The largest absolute Gasteiger partial charge is 0.493 e. The van der Waals surface area contributed by atoms with E-state index in [2.05, 4.69) is 16.2 Å². The minimum atomic E-state index is -0.425. The van der Waals surface area contributed by atoms with Gasteiger partial charge in [-0.3, -0.25) is 25.8 Å². The number of rotatable bonds is 4. The maximum Gasteiger partial charge on any atom is 0.269 e. The van der Waals surface area contributed by atoms with Crippen LogP contribution in [0.5, 0.6) is 5.75 Å². The van der Waals surface area contributed by atoms with Crippen molar-refractivity contribution in [1.29, 1.82) is 0 Å². The van der Waals surface area contributed by atoms with Gasteiger partial charge in [0.15, 0.2) is 5.11 Å². The topological polar surface area (TPSA) is 79.5 Å². The molecule has 124 valence electrons. The summed E-state index contributed by atoms with van der Waals surface area (Å²) < 4.78 is 5.40. The Labute approximate surface area is 145 Å². The Morgan fingerprint density at radius 1 is 0.958 bits per heavy atom. The van der Waals surface area contributed by atoms with Crippen molar-refractivity contribution in [2.45, 2.75) is 6.92 Å². The summed E-state index contributed by atoms with van der Waals surface area (Å²) in [7, 11) is 0. The fraction of sp³-hybridized carbons (Fsp3) is 0.118. The Balaban J connectivity index is 1.90. The molecular weight excluding hydrogens is 326 g/mol. The second kappa shape index (κ2) is 8.64. The number of para-hydroxylation sites is 1. The van der Waals surface area contributed by atoms with Gasteiger partial charge in [-0.1, -0.05) is 30.3 Å². The summed E-state index contributed by atoms with van der Waals surface area (Å²) in [5.41, 5.74) is 5.74. The lowest BCUT2D eigenvalue weighted by molar-refractivity contribution is 0.0933. The predicted molar refractivity (Wildman–Crippen MR) is 94.7 cm³/mol. The highest BCUT2D eigenvalue weighted by Gasteiger charge is 2.13. The number of nitrogens with one attached hydrogen (secondary N) is 3. The zero-order valence-electron chi connectivity index (χ0n) is 13.0. The summed E-state index contributed by atoms with van der Waals surface area (Å²) in [5.74, 6) is -0.318. The zero-order valence-corrected chi connectivity index (χ0v) is 13.9. The molecular formula is C17H17N3O3S. The standard InChI is InChI=1S/C17H17N3O3S/c1-2-23-14-11-7-6-10-13(14)16(22)18-17(24)20-19-15(21)12-8-4-3-5-9-12/h3-11H,2H2,1H3,(H,19,21)(H2,18,20,22,24). The van der Waals surface area contributed by atoms with Gasteiger partial charge in [0, 0.05) is 5.56 Å². The van der Waals surface area contributed by atoms with E-state index >= 15 is 0 Å². The van der Waals surface area contributed by atoms with E-state index in [-0.39, 0.29) is 11.0 Å². The molecule has 0 fully saturated rings. The fourth-order valence-corrected chi connectivity index (χ4v) is 2.06. The fourth-order valence-electron chi connectivity index (χ4n) is 1.91. The molecule has 0 bridgehead atoms. The molecule has 2 aromatic rings. The number of hydrogen-bond donors (Lipinski definition) is 3. The molecule has 6 nitrogen and oxygen atoms in total. The van der Waals surface area contributed by atoms with Crippen molar-refractivity contribution in [2.24, 2.45) is 0 Å². The number of carbonyl (C=O) groups excluding carboxylic acids is 2. The van der Waals surface area contributed by atoms with Crippen molar-refractivity contribution < 1.29 is 14.3 Å². The van der Waals surface area contributed by atoms with Gasteiger partial charge < -0.3 is 4.74 Å². The van der Waals surface area contributed by atoms with Crippen LogP contribution in [0.3, 0.4) is 0 Å². The minimum Gasteiger partial charge on any atom is -0.493 e. The molecule has 2 amide bonds. The summed E-state index contributed by atoms with van der Waals surface area (Å²) in [4.78, 5) is 24.1. The van der Waals surface area contributed by atoms with E-state index in [4.69, 9.17) is 17.0 Å². The molecule has 0 atom stereocenters. The minimum absolute atomic E-state index is 0.0180. The molecule has 0 aliphatic heterocycles.